The quantitative estimate of drug-likeness (QED) is 0.383. The third-order valence-corrected chi connectivity index (χ3v) is 4.80. The number of amides is 2. The molecule has 0 heterocycles. The van der Waals surface area contributed by atoms with Crippen molar-refractivity contribution in [3.63, 3.8) is 0 Å². The van der Waals surface area contributed by atoms with Gasteiger partial charge in [-0.05, 0) is 48.5 Å². The van der Waals surface area contributed by atoms with Crippen molar-refractivity contribution in [2.45, 2.75) is 9.79 Å². The van der Waals surface area contributed by atoms with Gasteiger partial charge in [-0.15, -0.1) is 0 Å². The summed E-state index contributed by atoms with van der Waals surface area (Å²) in [6.07, 6.45) is 0. The van der Waals surface area contributed by atoms with E-state index in [9.17, 15) is 4.79 Å². The van der Waals surface area contributed by atoms with Gasteiger partial charge < -0.3 is 10.6 Å². The molecule has 2 N–H and O–H groups in total. The van der Waals surface area contributed by atoms with Crippen molar-refractivity contribution >= 4 is 29.2 Å². The Morgan fingerprint density at radius 3 is 1.14 bits per heavy atom. The number of para-hydroxylation sites is 2. The number of urea groups is 1. The topological polar surface area (TPSA) is 41.1 Å². The molecule has 0 saturated carbocycles. The number of anilines is 2. The monoisotopic (exact) mass is 398 g/mol. The van der Waals surface area contributed by atoms with Gasteiger partial charge in [-0.25, -0.2) is 4.79 Å². The Bertz CT molecular complexity index is 897. The maximum absolute atomic E-state index is 11.6. The number of carbonyl (C=O) groups excluding carboxylic acids is 1. The zero-order chi connectivity index (χ0) is 20.2. The lowest BCUT2D eigenvalue weighted by molar-refractivity contribution is 0.262. The highest BCUT2D eigenvalue weighted by Crippen LogP contribution is 2.26. The number of carbonyl (C=O) groups is 1. The molecule has 0 atom stereocenters. The zero-order valence-corrected chi connectivity index (χ0v) is 16.7. The molecule has 4 rings (SSSR count). The van der Waals surface area contributed by atoms with Gasteiger partial charge in [-0.1, -0.05) is 84.6 Å². The van der Waals surface area contributed by atoms with E-state index in [4.69, 9.17) is 0 Å². The fourth-order valence-corrected chi connectivity index (χ4v) is 3.31. The molecule has 4 heteroatoms. The average Bonchev–Trinajstić information content (AvgIpc) is 2.77. The Hall–Kier alpha value is -3.50. The lowest BCUT2D eigenvalue weighted by Crippen LogP contribution is -2.19. The van der Waals surface area contributed by atoms with E-state index < -0.39 is 0 Å². The van der Waals surface area contributed by atoms with Gasteiger partial charge in [0, 0.05) is 21.2 Å². The lowest BCUT2D eigenvalue weighted by atomic mass is 10.3. The molecule has 2 amide bonds. The Kier molecular flexibility index (Phi) is 7.93. The minimum Gasteiger partial charge on any atom is -0.308 e. The molecule has 4 aromatic carbocycles. The Morgan fingerprint density at radius 1 is 0.483 bits per heavy atom. The minimum absolute atomic E-state index is 0.239. The predicted molar refractivity (Wildman–Crippen MR) is 123 cm³/mol. The SMILES string of the molecule is O=C(Nc1ccccc1)Nc1ccccc1.c1ccc(Sc2ccccc2)cc1. The number of hydrogen-bond acceptors (Lipinski definition) is 2. The standard InChI is InChI=1S/C13H12N2O.C12H10S/c16-13(14-11-7-3-1-4-8-11)15-12-9-5-2-6-10-12;1-3-7-11(8-4-1)13-12-9-5-2-6-10-12/h1-10H,(H2,14,15,16);1-10H. The number of hydrogen-bond donors (Lipinski definition) is 2. The van der Waals surface area contributed by atoms with Gasteiger partial charge in [0.1, 0.15) is 0 Å². The van der Waals surface area contributed by atoms with E-state index in [0.717, 1.165) is 11.4 Å². The molecule has 0 saturated heterocycles. The van der Waals surface area contributed by atoms with Crippen LogP contribution in [0.2, 0.25) is 0 Å². The summed E-state index contributed by atoms with van der Waals surface area (Å²) >= 11 is 1.79. The van der Waals surface area contributed by atoms with Crippen molar-refractivity contribution in [1.29, 1.82) is 0 Å². The van der Waals surface area contributed by atoms with Crippen LogP contribution in [0, 0.1) is 0 Å². The summed E-state index contributed by atoms with van der Waals surface area (Å²) in [5.74, 6) is 0. The molecule has 0 bridgehead atoms. The summed E-state index contributed by atoms with van der Waals surface area (Å²) < 4.78 is 0. The van der Waals surface area contributed by atoms with E-state index in [1.807, 2.05) is 72.8 Å². The largest absolute Gasteiger partial charge is 0.323 e. The third kappa shape index (κ3) is 7.56. The number of benzene rings is 4. The van der Waals surface area contributed by atoms with Gasteiger partial charge in [-0.3, -0.25) is 0 Å². The summed E-state index contributed by atoms with van der Waals surface area (Å²) in [7, 11) is 0. The first-order valence-corrected chi connectivity index (χ1v) is 10.1. The van der Waals surface area contributed by atoms with E-state index in [0.29, 0.717) is 0 Å². The summed E-state index contributed by atoms with van der Waals surface area (Å²) in [6.45, 7) is 0. The van der Waals surface area contributed by atoms with Crippen LogP contribution in [-0.2, 0) is 0 Å². The lowest BCUT2D eigenvalue weighted by Gasteiger charge is -2.06. The van der Waals surface area contributed by atoms with Crippen LogP contribution >= 0.6 is 11.8 Å². The highest BCUT2D eigenvalue weighted by molar-refractivity contribution is 7.99. The first kappa shape index (κ1) is 20.2. The highest BCUT2D eigenvalue weighted by atomic mass is 32.2. The van der Waals surface area contributed by atoms with E-state index in [1.165, 1.54) is 9.79 Å². The van der Waals surface area contributed by atoms with Crippen LogP contribution in [0.1, 0.15) is 0 Å². The number of nitrogens with one attached hydrogen (secondary N) is 2. The van der Waals surface area contributed by atoms with Crippen LogP contribution in [0.5, 0.6) is 0 Å². The second-order valence-corrected chi connectivity index (χ2v) is 7.19. The van der Waals surface area contributed by atoms with Crippen LogP contribution in [-0.4, -0.2) is 6.03 Å². The van der Waals surface area contributed by atoms with E-state index >= 15 is 0 Å². The summed E-state index contributed by atoms with van der Waals surface area (Å²) in [6, 6.07) is 39.2. The van der Waals surface area contributed by atoms with Crippen molar-refractivity contribution in [1.82, 2.24) is 0 Å². The molecule has 29 heavy (non-hydrogen) atoms. The maximum atomic E-state index is 11.6. The second kappa shape index (κ2) is 11.4. The molecule has 144 valence electrons. The average molecular weight is 399 g/mol. The third-order valence-electron chi connectivity index (χ3n) is 3.79. The predicted octanol–water partition coefficient (Wildman–Crippen LogP) is 7.17. The normalized spacial score (nSPS) is 9.66. The molecule has 3 nitrogen and oxygen atoms in total. The molecule has 0 radical (unpaired) electrons. The smallest absolute Gasteiger partial charge is 0.308 e. The van der Waals surface area contributed by atoms with Crippen molar-refractivity contribution in [2.24, 2.45) is 0 Å². The Balaban J connectivity index is 0.000000169. The molecule has 0 spiro atoms. The fraction of sp³-hybridized carbons (Fsp3) is 0. The fourth-order valence-electron chi connectivity index (χ4n) is 2.45. The molecule has 0 aromatic heterocycles. The molecule has 0 aliphatic heterocycles. The summed E-state index contributed by atoms with van der Waals surface area (Å²) in [5.41, 5.74) is 1.55. The van der Waals surface area contributed by atoms with E-state index in [-0.39, 0.29) is 6.03 Å². The Morgan fingerprint density at radius 2 is 0.793 bits per heavy atom. The molecule has 0 fully saturated rings. The van der Waals surface area contributed by atoms with Gasteiger partial charge in [0.2, 0.25) is 0 Å². The molecule has 0 aliphatic carbocycles. The van der Waals surface area contributed by atoms with Crippen LogP contribution in [0.15, 0.2) is 131 Å². The van der Waals surface area contributed by atoms with Crippen molar-refractivity contribution < 1.29 is 4.79 Å². The van der Waals surface area contributed by atoms with Crippen molar-refractivity contribution in [3.05, 3.63) is 121 Å². The second-order valence-electron chi connectivity index (χ2n) is 6.04. The first-order chi connectivity index (χ1) is 14.3. The van der Waals surface area contributed by atoms with E-state index in [2.05, 4.69) is 59.2 Å². The van der Waals surface area contributed by atoms with Gasteiger partial charge in [0.15, 0.2) is 0 Å². The summed E-state index contributed by atoms with van der Waals surface area (Å²) in [4.78, 5) is 14.1. The first-order valence-electron chi connectivity index (χ1n) is 9.26. The van der Waals surface area contributed by atoms with Crippen LogP contribution in [0.25, 0.3) is 0 Å². The molecular weight excluding hydrogens is 376 g/mol. The molecule has 0 aliphatic rings. The van der Waals surface area contributed by atoms with Crippen LogP contribution in [0.4, 0.5) is 16.2 Å². The van der Waals surface area contributed by atoms with Crippen molar-refractivity contribution in [2.75, 3.05) is 10.6 Å². The van der Waals surface area contributed by atoms with Crippen LogP contribution in [0.3, 0.4) is 0 Å². The molecular formula is C25H22N2OS. The molecule has 0 unspecified atom stereocenters. The van der Waals surface area contributed by atoms with Gasteiger partial charge >= 0.3 is 6.03 Å². The van der Waals surface area contributed by atoms with Crippen LogP contribution < -0.4 is 10.6 Å². The van der Waals surface area contributed by atoms with E-state index in [1.54, 1.807) is 11.8 Å². The summed E-state index contributed by atoms with van der Waals surface area (Å²) in [5, 5.41) is 5.48. The highest BCUT2D eigenvalue weighted by Gasteiger charge is 2.00. The van der Waals surface area contributed by atoms with Gasteiger partial charge in [-0.2, -0.15) is 0 Å². The minimum atomic E-state index is -0.239. The van der Waals surface area contributed by atoms with Gasteiger partial charge in [0.25, 0.3) is 0 Å². The maximum Gasteiger partial charge on any atom is 0.323 e. The Labute approximate surface area is 175 Å². The number of rotatable bonds is 4. The van der Waals surface area contributed by atoms with Crippen molar-refractivity contribution in [3.8, 4) is 0 Å². The zero-order valence-electron chi connectivity index (χ0n) is 15.9. The van der Waals surface area contributed by atoms with Gasteiger partial charge in [0.05, 0.1) is 0 Å². The molecule has 4 aromatic rings.